The van der Waals surface area contributed by atoms with Gasteiger partial charge in [0.05, 0.1) is 18.4 Å². The van der Waals surface area contributed by atoms with E-state index in [9.17, 15) is 4.79 Å². The van der Waals surface area contributed by atoms with E-state index in [1.165, 1.54) is 5.56 Å². The van der Waals surface area contributed by atoms with Crippen LogP contribution >= 0.6 is 11.8 Å². The quantitative estimate of drug-likeness (QED) is 0.800. The Morgan fingerprint density at radius 1 is 1.04 bits per heavy atom. The van der Waals surface area contributed by atoms with Gasteiger partial charge in [-0.15, -0.1) is 11.8 Å². The minimum atomic E-state index is -0.156. The summed E-state index contributed by atoms with van der Waals surface area (Å²) in [4.78, 5) is 13.4. The molecule has 0 saturated carbocycles. The van der Waals surface area contributed by atoms with Crippen molar-refractivity contribution >= 4 is 17.7 Å². The summed E-state index contributed by atoms with van der Waals surface area (Å²) in [6.45, 7) is 5.99. The third-order valence-corrected chi connectivity index (χ3v) is 4.79. The van der Waals surface area contributed by atoms with Crippen LogP contribution in [-0.2, 0) is 4.79 Å². The first-order chi connectivity index (χ1) is 11.0. The lowest BCUT2D eigenvalue weighted by atomic mass is 10.1. The molecule has 2 aromatic carbocycles. The molecule has 1 N–H and O–H groups in total. The molecule has 0 spiro atoms. The monoisotopic (exact) mass is 329 g/mol. The van der Waals surface area contributed by atoms with Crippen molar-refractivity contribution in [1.29, 1.82) is 0 Å². The van der Waals surface area contributed by atoms with Crippen molar-refractivity contribution in [3.63, 3.8) is 0 Å². The minimum absolute atomic E-state index is 0.00187. The minimum Gasteiger partial charge on any atom is -0.497 e. The van der Waals surface area contributed by atoms with Crippen LogP contribution in [-0.4, -0.2) is 18.3 Å². The van der Waals surface area contributed by atoms with Crippen LogP contribution in [0.4, 0.5) is 0 Å². The Bertz CT molecular complexity index is 637. The third-order valence-electron chi connectivity index (χ3n) is 3.68. The zero-order valence-corrected chi connectivity index (χ0v) is 14.8. The van der Waals surface area contributed by atoms with Crippen molar-refractivity contribution in [3.8, 4) is 5.75 Å². The van der Waals surface area contributed by atoms with E-state index in [1.54, 1.807) is 18.9 Å². The molecule has 122 valence electrons. The number of carbonyl (C=O) groups excluding carboxylic acids is 1. The topological polar surface area (TPSA) is 38.3 Å². The fraction of sp³-hybridized carbons (Fsp3) is 0.316. The second kappa shape index (κ2) is 8.06. The lowest BCUT2D eigenvalue weighted by Gasteiger charge is -2.18. The van der Waals surface area contributed by atoms with Crippen LogP contribution in [0.3, 0.4) is 0 Å². The molecule has 0 aliphatic heterocycles. The molecule has 4 heteroatoms. The maximum atomic E-state index is 12.4. The maximum absolute atomic E-state index is 12.4. The summed E-state index contributed by atoms with van der Waals surface area (Å²) in [5, 5.41) is 2.92. The highest BCUT2D eigenvalue weighted by molar-refractivity contribution is 8.00. The van der Waals surface area contributed by atoms with E-state index in [-0.39, 0.29) is 17.2 Å². The summed E-state index contributed by atoms with van der Waals surface area (Å²) in [5.74, 6) is 0.860. The van der Waals surface area contributed by atoms with Gasteiger partial charge in [-0.1, -0.05) is 29.8 Å². The maximum Gasteiger partial charge on any atom is 0.233 e. The average Bonchev–Trinajstić information content (AvgIpc) is 2.56. The van der Waals surface area contributed by atoms with Crippen LogP contribution in [0.5, 0.6) is 5.75 Å². The number of methoxy groups -OCH3 is 1. The third kappa shape index (κ3) is 5.03. The number of benzene rings is 2. The van der Waals surface area contributed by atoms with Gasteiger partial charge in [-0.25, -0.2) is 0 Å². The molecule has 3 nitrogen and oxygen atoms in total. The number of hydrogen-bond acceptors (Lipinski definition) is 3. The number of nitrogens with one attached hydrogen (secondary N) is 1. The zero-order valence-electron chi connectivity index (χ0n) is 14.0. The number of ether oxygens (including phenoxy) is 1. The van der Waals surface area contributed by atoms with E-state index >= 15 is 0 Å². The van der Waals surface area contributed by atoms with Gasteiger partial charge in [0, 0.05) is 4.90 Å². The Morgan fingerprint density at radius 3 is 2.22 bits per heavy atom. The van der Waals surface area contributed by atoms with Crippen LogP contribution in [0, 0.1) is 6.92 Å². The lowest BCUT2D eigenvalue weighted by Crippen LogP contribution is -2.33. The summed E-state index contributed by atoms with van der Waals surface area (Å²) < 4.78 is 5.14. The zero-order chi connectivity index (χ0) is 16.8. The first-order valence-corrected chi connectivity index (χ1v) is 8.55. The van der Waals surface area contributed by atoms with Crippen molar-refractivity contribution in [2.75, 3.05) is 7.11 Å². The number of carbonyl (C=O) groups is 1. The molecular formula is C19H23NO2S. The Labute approximate surface area is 142 Å². The molecule has 0 aliphatic rings. The second-order valence-corrected chi connectivity index (χ2v) is 6.99. The Balaban J connectivity index is 1.92. The molecule has 1 amide bonds. The molecule has 2 rings (SSSR count). The molecule has 0 bridgehead atoms. The molecule has 0 aromatic heterocycles. The molecule has 0 aliphatic carbocycles. The van der Waals surface area contributed by atoms with Gasteiger partial charge in [-0.05, 0) is 50.6 Å². The molecule has 0 fully saturated rings. The van der Waals surface area contributed by atoms with Crippen LogP contribution < -0.4 is 10.1 Å². The van der Waals surface area contributed by atoms with Crippen LogP contribution in [0.2, 0.25) is 0 Å². The summed E-state index contributed by atoms with van der Waals surface area (Å²) in [6.07, 6.45) is 0. The molecule has 0 radical (unpaired) electrons. The SMILES string of the molecule is COc1ccc(S[C@H](C)C(=O)N[C@@H](C)c2ccc(C)cc2)cc1. The smallest absolute Gasteiger partial charge is 0.233 e. The van der Waals surface area contributed by atoms with Gasteiger partial charge in [0.15, 0.2) is 0 Å². The largest absolute Gasteiger partial charge is 0.497 e. The number of rotatable bonds is 6. The van der Waals surface area contributed by atoms with Gasteiger partial charge in [0.2, 0.25) is 5.91 Å². The lowest BCUT2D eigenvalue weighted by molar-refractivity contribution is -0.120. The molecular weight excluding hydrogens is 306 g/mol. The van der Waals surface area contributed by atoms with E-state index in [1.807, 2.05) is 38.1 Å². The molecule has 2 atom stereocenters. The van der Waals surface area contributed by atoms with Gasteiger partial charge in [-0.2, -0.15) is 0 Å². The highest BCUT2D eigenvalue weighted by Gasteiger charge is 2.17. The summed E-state index contributed by atoms with van der Waals surface area (Å²) in [6, 6.07) is 16.0. The van der Waals surface area contributed by atoms with E-state index in [0.717, 1.165) is 16.2 Å². The first kappa shape index (κ1) is 17.4. The van der Waals surface area contributed by atoms with Gasteiger partial charge in [0.1, 0.15) is 5.75 Å². The van der Waals surface area contributed by atoms with E-state index in [0.29, 0.717) is 0 Å². The Morgan fingerprint density at radius 2 is 1.65 bits per heavy atom. The van der Waals surface area contributed by atoms with Crippen molar-refractivity contribution in [2.45, 2.75) is 37.0 Å². The Hall–Kier alpha value is -1.94. The number of amides is 1. The predicted molar refractivity (Wildman–Crippen MR) is 96.0 cm³/mol. The number of thioether (sulfide) groups is 1. The normalized spacial score (nSPS) is 13.2. The van der Waals surface area contributed by atoms with E-state index < -0.39 is 0 Å². The predicted octanol–water partition coefficient (Wildman–Crippen LogP) is 4.36. The van der Waals surface area contributed by atoms with Gasteiger partial charge < -0.3 is 10.1 Å². The van der Waals surface area contributed by atoms with E-state index in [4.69, 9.17) is 4.74 Å². The number of hydrogen-bond donors (Lipinski definition) is 1. The van der Waals surface area contributed by atoms with Gasteiger partial charge in [0.25, 0.3) is 0 Å². The van der Waals surface area contributed by atoms with Crippen molar-refractivity contribution in [2.24, 2.45) is 0 Å². The van der Waals surface area contributed by atoms with Crippen molar-refractivity contribution in [3.05, 3.63) is 59.7 Å². The average molecular weight is 329 g/mol. The number of aryl methyl sites for hydroxylation is 1. The fourth-order valence-electron chi connectivity index (χ4n) is 2.18. The molecule has 0 saturated heterocycles. The van der Waals surface area contributed by atoms with Crippen LogP contribution in [0.1, 0.15) is 31.0 Å². The summed E-state index contributed by atoms with van der Waals surface area (Å²) in [7, 11) is 1.64. The van der Waals surface area contributed by atoms with Gasteiger partial charge >= 0.3 is 0 Å². The van der Waals surface area contributed by atoms with Crippen molar-refractivity contribution < 1.29 is 9.53 Å². The molecule has 2 aromatic rings. The molecule has 0 unspecified atom stereocenters. The highest BCUT2D eigenvalue weighted by Crippen LogP contribution is 2.26. The summed E-state index contributed by atoms with van der Waals surface area (Å²) >= 11 is 1.54. The van der Waals surface area contributed by atoms with Crippen LogP contribution in [0.15, 0.2) is 53.4 Å². The van der Waals surface area contributed by atoms with Crippen LogP contribution in [0.25, 0.3) is 0 Å². The first-order valence-electron chi connectivity index (χ1n) is 7.67. The Kier molecular flexibility index (Phi) is 6.11. The van der Waals surface area contributed by atoms with Crippen molar-refractivity contribution in [1.82, 2.24) is 5.32 Å². The van der Waals surface area contributed by atoms with E-state index in [2.05, 4.69) is 36.5 Å². The second-order valence-electron chi connectivity index (χ2n) is 5.58. The summed E-state index contributed by atoms with van der Waals surface area (Å²) in [5.41, 5.74) is 2.33. The molecule has 23 heavy (non-hydrogen) atoms. The standard InChI is InChI=1S/C19H23NO2S/c1-13-5-7-16(8-6-13)14(2)20-19(21)15(3)23-18-11-9-17(22-4)10-12-18/h5-12,14-15H,1-4H3,(H,20,21)/t14-,15+/m0/s1. The highest BCUT2D eigenvalue weighted by atomic mass is 32.2. The fourth-order valence-corrected chi connectivity index (χ4v) is 3.06. The van der Waals surface area contributed by atoms with Gasteiger partial charge in [-0.3, -0.25) is 4.79 Å². The molecule has 0 heterocycles.